The van der Waals surface area contributed by atoms with Crippen molar-refractivity contribution in [3.8, 4) is 0 Å². The average Bonchev–Trinajstić information content (AvgIpc) is 2.15. The molecule has 0 bridgehead atoms. The molecule has 0 aromatic rings. The average molecular weight is 226 g/mol. The fourth-order valence-electron chi connectivity index (χ4n) is 1.70. The standard InChI is InChI=1S/C8H13F3N2O2/c1-12-6-2-5(8(9,10)11)3-13(4-6)7(14)15/h5-6,12H,2-4H2,1H3,(H,14,15)/t5-,6+/m0/s1. The first kappa shape index (κ1) is 12.1. The van der Waals surface area contributed by atoms with Crippen LogP contribution in [0.2, 0.25) is 0 Å². The summed E-state index contributed by atoms with van der Waals surface area (Å²) in [7, 11) is 1.53. The van der Waals surface area contributed by atoms with Crippen molar-refractivity contribution in [2.45, 2.75) is 18.6 Å². The lowest BCUT2D eigenvalue weighted by atomic mass is 9.94. The Morgan fingerprint density at radius 2 is 2.07 bits per heavy atom. The Morgan fingerprint density at radius 3 is 2.47 bits per heavy atom. The van der Waals surface area contributed by atoms with Gasteiger partial charge in [-0.25, -0.2) is 4.79 Å². The molecule has 2 atom stereocenters. The molecule has 1 rings (SSSR count). The summed E-state index contributed by atoms with van der Waals surface area (Å²) in [5.41, 5.74) is 0. The molecule has 7 heteroatoms. The number of nitrogens with one attached hydrogen (secondary N) is 1. The summed E-state index contributed by atoms with van der Waals surface area (Å²) < 4.78 is 37.3. The van der Waals surface area contributed by atoms with Crippen molar-refractivity contribution < 1.29 is 23.1 Å². The number of alkyl halides is 3. The summed E-state index contributed by atoms with van der Waals surface area (Å²) >= 11 is 0. The predicted molar refractivity (Wildman–Crippen MR) is 46.6 cm³/mol. The van der Waals surface area contributed by atoms with E-state index in [-0.39, 0.29) is 13.0 Å². The summed E-state index contributed by atoms with van der Waals surface area (Å²) in [4.78, 5) is 11.4. The van der Waals surface area contributed by atoms with Crippen molar-refractivity contribution in [1.29, 1.82) is 0 Å². The smallest absolute Gasteiger partial charge is 0.407 e. The Labute approximate surface area is 85.1 Å². The molecule has 0 aromatic heterocycles. The van der Waals surface area contributed by atoms with Crippen LogP contribution in [0.1, 0.15) is 6.42 Å². The van der Waals surface area contributed by atoms with Gasteiger partial charge in [0.2, 0.25) is 0 Å². The van der Waals surface area contributed by atoms with Crippen molar-refractivity contribution in [2.75, 3.05) is 20.1 Å². The molecule has 2 N–H and O–H groups in total. The Kier molecular flexibility index (Phi) is 3.43. The molecule has 0 unspecified atom stereocenters. The monoisotopic (exact) mass is 226 g/mol. The number of halogens is 3. The van der Waals surface area contributed by atoms with Crippen molar-refractivity contribution in [2.24, 2.45) is 5.92 Å². The molecule has 0 radical (unpaired) electrons. The largest absolute Gasteiger partial charge is 0.465 e. The van der Waals surface area contributed by atoms with Crippen LogP contribution in [-0.2, 0) is 0 Å². The molecule has 0 saturated carbocycles. The highest BCUT2D eigenvalue weighted by Gasteiger charge is 2.45. The third-order valence-electron chi connectivity index (χ3n) is 2.59. The Morgan fingerprint density at radius 1 is 1.47 bits per heavy atom. The van der Waals surface area contributed by atoms with E-state index in [0.29, 0.717) is 0 Å². The van der Waals surface area contributed by atoms with E-state index in [4.69, 9.17) is 5.11 Å². The van der Waals surface area contributed by atoms with Crippen LogP contribution in [0.3, 0.4) is 0 Å². The van der Waals surface area contributed by atoms with Crippen LogP contribution in [-0.4, -0.2) is 48.5 Å². The summed E-state index contributed by atoms with van der Waals surface area (Å²) in [5, 5.41) is 11.4. The van der Waals surface area contributed by atoms with Crippen LogP contribution >= 0.6 is 0 Å². The maximum Gasteiger partial charge on any atom is 0.407 e. The van der Waals surface area contributed by atoms with Crippen LogP contribution in [0.5, 0.6) is 0 Å². The van der Waals surface area contributed by atoms with Gasteiger partial charge in [0, 0.05) is 19.1 Å². The van der Waals surface area contributed by atoms with Gasteiger partial charge < -0.3 is 15.3 Å². The number of piperidine rings is 1. The Bertz CT molecular complexity index is 245. The summed E-state index contributed by atoms with van der Waals surface area (Å²) in [6, 6.07) is -0.429. The predicted octanol–water partition coefficient (Wildman–Crippen LogP) is 1.14. The first-order valence-electron chi connectivity index (χ1n) is 4.56. The summed E-state index contributed by atoms with van der Waals surface area (Å²) in [6.07, 6.45) is -5.70. The molecule has 1 saturated heterocycles. The molecule has 1 heterocycles. The van der Waals surface area contributed by atoms with E-state index >= 15 is 0 Å². The third-order valence-corrected chi connectivity index (χ3v) is 2.59. The fraction of sp³-hybridized carbons (Fsp3) is 0.875. The van der Waals surface area contributed by atoms with Gasteiger partial charge in [0.25, 0.3) is 0 Å². The zero-order valence-corrected chi connectivity index (χ0v) is 8.21. The first-order chi connectivity index (χ1) is 6.84. The van der Waals surface area contributed by atoms with Crippen LogP contribution in [0.15, 0.2) is 0 Å². The van der Waals surface area contributed by atoms with E-state index in [1.165, 1.54) is 7.05 Å². The Balaban J connectivity index is 2.71. The second kappa shape index (κ2) is 4.26. The van der Waals surface area contributed by atoms with Gasteiger partial charge in [-0.3, -0.25) is 0 Å². The molecule has 0 spiro atoms. The van der Waals surface area contributed by atoms with Crippen molar-refractivity contribution in [1.82, 2.24) is 10.2 Å². The van der Waals surface area contributed by atoms with Crippen LogP contribution in [0.4, 0.5) is 18.0 Å². The summed E-state index contributed by atoms with van der Waals surface area (Å²) in [6.45, 7) is -0.352. The molecule has 1 aliphatic heterocycles. The number of hydrogen-bond acceptors (Lipinski definition) is 2. The number of likely N-dealkylation sites (tertiary alicyclic amines) is 1. The quantitative estimate of drug-likeness (QED) is 0.704. The van der Waals surface area contributed by atoms with E-state index in [1.54, 1.807) is 0 Å². The van der Waals surface area contributed by atoms with Gasteiger partial charge >= 0.3 is 12.3 Å². The maximum atomic E-state index is 12.4. The van der Waals surface area contributed by atoms with Crippen LogP contribution in [0.25, 0.3) is 0 Å². The molecule has 1 aliphatic rings. The number of carbonyl (C=O) groups is 1. The molecule has 0 aromatic carbocycles. The topological polar surface area (TPSA) is 52.6 Å². The molecule has 4 nitrogen and oxygen atoms in total. The molecular formula is C8H13F3N2O2. The molecule has 0 aliphatic carbocycles. The summed E-state index contributed by atoms with van der Waals surface area (Å²) in [5.74, 6) is -1.57. The van der Waals surface area contributed by atoms with Crippen molar-refractivity contribution in [3.63, 3.8) is 0 Å². The van der Waals surface area contributed by atoms with Gasteiger partial charge in [0.1, 0.15) is 0 Å². The van der Waals surface area contributed by atoms with Crippen LogP contribution < -0.4 is 5.32 Å². The highest BCUT2D eigenvalue weighted by atomic mass is 19.4. The lowest BCUT2D eigenvalue weighted by Crippen LogP contribution is -2.53. The highest BCUT2D eigenvalue weighted by molar-refractivity contribution is 5.65. The van der Waals surface area contributed by atoms with Gasteiger partial charge in [0.15, 0.2) is 0 Å². The second-order valence-electron chi connectivity index (χ2n) is 3.65. The van der Waals surface area contributed by atoms with Gasteiger partial charge in [0.05, 0.1) is 5.92 Å². The van der Waals surface area contributed by atoms with Gasteiger partial charge in [-0.05, 0) is 13.5 Å². The van der Waals surface area contributed by atoms with Crippen LogP contribution in [0, 0.1) is 5.92 Å². The third kappa shape index (κ3) is 2.98. The number of hydrogen-bond donors (Lipinski definition) is 2. The minimum absolute atomic E-state index is 0.0657. The van der Waals surface area contributed by atoms with E-state index in [1.807, 2.05) is 0 Å². The maximum absolute atomic E-state index is 12.4. The van der Waals surface area contributed by atoms with Gasteiger partial charge in [-0.15, -0.1) is 0 Å². The molecule has 15 heavy (non-hydrogen) atoms. The number of amides is 1. The number of carboxylic acid groups (broad SMARTS) is 1. The fourth-order valence-corrected chi connectivity index (χ4v) is 1.70. The molecule has 88 valence electrons. The number of nitrogens with zero attached hydrogens (tertiary/aromatic N) is 1. The normalized spacial score (nSPS) is 27.9. The lowest BCUT2D eigenvalue weighted by Gasteiger charge is -2.36. The zero-order valence-electron chi connectivity index (χ0n) is 8.21. The second-order valence-corrected chi connectivity index (χ2v) is 3.65. The molecular weight excluding hydrogens is 213 g/mol. The molecule has 1 fully saturated rings. The van der Waals surface area contributed by atoms with Gasteiger partial charge in [-0.2, -0.15) is 13.2 Å². The van der Waals surface area contributed by atoms with E-state index < -0.39 is 30.8 Å². The van der Waals surface area contributed by atoms with Crippen molar-refractivity contribution in [3.05, 3.63) is 0 Å². The van der Waals surface area contributed by atoms with E-state index in [9.17, 15) is 18.0 Å². The highest BCUT2D eigenvalue weighted by Crippen LogP contribution is 2.33. The minimum Gasteiger partial charge on any atom is -0.465 e. The van der Waals surface area contributed by atoms with E-state index in [2.05, 4.69) is 5.32 Å². The lowest BCUT2D eigenvalue weighted by molar-refractivity contribution is -0.186. The van der Waals surface area contributed by atoms with Crippen molar-refractivity contribution >= 4 is 6.09 Å². The van der Waals surface area contributed by atoms with Gasteiger partial charge in [-0.1, -0.05) is 0 Å². The number of rotatable bonds is 1. The Hall–Kier alpha value is -0.980. The zero-order chi connectivity index (χ0) is 11.6. The van der Waals surface area contributed by atoms with E-state index in [0.717, 1.165) is 4.90 Å². The SMILES string of the molecule is CN[C@@H]1C[C@H](C(F)(F)F)CN(C(=O)O)C1. The minimum atomic E-state index is -4.33. The molecule has 1 amide bonds. The number of likely N-dealkylation sites (N-methyl/N-ethyl adjacent to an activating group) is 1. The first-order valence-corrected chi connectivity index (χ1v) is 4.56.